The molecule has 1 aromatic heterocycles. The van der Waals surface area contributed by atoms with E-state index in [9.17, 15) is 4.79 Å². The predicted octanol–water partition coefficient (Wildman–Crippen LogP) is 0.205. The number of nitrogens with zero attached hydrogens (tertiary/aromatic N) is 4. The highest BCUT2D eigenvalue weighted by atomic mass is 16.4. The van der Waals surface area contributed by atoms with E-state index in [0.29, 0.717) is 6.54 Å². The first-order chi connectivity index (χ1) is 7.13. The van der Waals surface area contributed by atoms with Gasteiger partial charge in [-0.15, -0.1) is 0 Å². The number of carboxylic acids is 1. The van der Waals surface area contributed by atoms with Gasteiger partial charge in [0.2, 0.25) is 0 Å². The van der Waals surface area contributed by atoms with Crippen LogP contribution in [0.3, 0.4) is 0 Å². The minimum Gasteiger partial charge on any atom is -0.480 e. The van der Waals surface area contributed by atoms with Gasteiger partial charge >= 0.3 is 5.97 Å². The van der Waals surface area contributed by atoms with Gasteiger partial charge in [-0.25, -0.2) is 9.67 Å². The second kappa shape index (κ2) is 5.45. The molecule has 1 heterocycles. The van der Waals surface area contributed by atoms with Crippen molar-refractivity contribution in [3.8, 4) is 0 Å². The van der Waals surface area contributed by atoms with Crippen molar-refractivity contribution in [3.63, 3.8) is 0 Å². The first-order valence-electron chi connectivity index (χ1n) is 4.90. The predicted molar refractivity (Wildman–Crippen MR) is 54.3 cm³/mol. The van der Waals surface area contributed by atoms with E-state index >= 15 is 0 Å². The molecule has 6 heteroatoms. The Morgan fingerprint density at radius 1 is 1.67 bits per heavy atom. The van der Waals surface area contributed by atoms with Crippen LogP contribution in [-0.4, -0.2) is 44.3 Å². The summed E-state index contributed by atoms with van der Waals surface area (Å²) in [5, 5.41) is 12.7. The number of aromatic nitrogens is 3. The molecule has 0 atom stereocenters. The summed E-state index contributed by atoms with van der Waals surface area (Å²) in [7, 11) is 1.75. The fraction of sp³-hybridized carbons (Fsp3) is 0.667. The summed E-state index contributed by atoms with van der Waals surface area (Å²) in [6.45, 7) is 3.40. The summed E-state index contributed by atoms with van der Waals surface area (Å²) in [6, 6.07) is 0. The monoisotopic (exact) mass is 212 g/mol. The molecule has 0 saturated heterocycles. The molecule has 0 saturated carbocycles. The maximum atomic E-state index is 10.5. The van der Waals surface area contributed by atoms with Crippen molar-refractivity contribution in [1.29, 1.82) is 0 Å². The summed E-state index contributed by atoms with van der Waals surface area (Å²) in [4.78, 5) is 16.3. The Hall–Kier alpha value is -1.43. The molecule has 0 unspecified atom stereocenters. The van der Waals surface area contributed by atoms with Crippen molar-refractivity contribution >= 4 is 5.97 Å². The van der Waals surface area contributed by atoms with Gasteiger partial charge in [-0.1, -0.05) is 6.92 Å². The molecule has 0 aliphatic heterocycles. The molecule has 6 nitrogen and oxygen atoms in total. The zero-order chi connectivity index (χ0) is 11.3. The van der Waals surface area contributed by atoms with E-state index in [1.54, 1.807) is 16.6 Å². The Kier molecular flexibility index (Phi) is 4.23. The van der Waals surface area contributed by atoms with Gasteiger partial charge in [-0.05, 0) is 13.5 Å². The molecule has 0 aliphatic carbocycles. The second-order valence-electron chi connectivity index (χ2n) is 3.47. The zero-order valence-electron chi connectivity index (χ0n) is 9.05. The average Bonchev–Trinajstić information content (AvgIpc) is 2.52. The number of carbonyl (C=O) groups is 1. The van der Waals surface area contributed by atoms with E-state index in [4.69, 9.17) is 5.11 Å². The number of aryl methyl sites for hydroxylation is 1. The van der Waals surface area contributed by atoms with Gasteiger partial charge < -0.3 is 5.11 Å². The van der Waals surface area contributed by atoms with Crippen LogP contribution >= 0.6 is 0 Å². The number of likely N-dealkylation sites (N-methyl/N-ethyl adjacent to an activating group) is 1. The van der Waals surface area contributed by atoms with Gasteiger partial charge in [0.05, 0.1) is 13.1 Å². The van der Waals surface area contributed by atoms with Gasteiger partial charge in [0, 0.05) is 6.54 Å². The Morgan fingerprint density at radius 2 is 2.40 bits per heavy atom. The van der Waals surface area contributed by atoms with Crippen molar-refractivity contribution in [2.45, 2.75) is 26.4 Å². The lowest BCUT2D eigenvalue weighted by Gasteiger charge is -2.13. The summed E-state index contributed by atoms with van der Waals surface area (Å²) >= 11 is 0. The molecule has 1 N–H and O–H groups in total. The normalized spacial score (nSPS) is 10.9. The van der Waals surface area contributed by atoms with Crippen LogP contribution in [-0.2, 0) is 17.9 Å². The maximum Gasteiger partial charge on any atom is 0.317 e. The van der Waals surface area contributed by atoms with Crippen molar-refractivity contribution in [3.05, 3.63) is 12.2 Å². The minimum atomic E-state index is -0.834. The summed E-state index contributed by atoms with van der Waals surface area (Å²) < 4.78 is 1.80. The van der Waals surface area contributed by atoms with E-state index in [2.05, 4.69) is 17.0 Å². The Bertz CT molecular complexity index is 324. The molecule has 1 aromatic rings. The van der Waals surface area contributed by atoms with E-state index in [-0.39, 0.29) is 6.54 Å². The number of carboxylic acid groups (broad SMARTS) is 1. The summed E-state index contributed by atoms with van der Waals surface area (Å²) in [5.74, 6) is -0.0281. The Balaban J connectivity index is 2.55. The second-order valence-corrected chi connectivity index (χ2v) is 3.47. The third-order valence-corrected chi connectivity index (χ3v) is 1.95. The van der Waals surface area contributed by atoms with Crippen LogP contribution in [0.15, 0.2) is 6.33 Å². The summed E-state index contributed by atoms with van der Waals surface area (Å²) in [6.07, 6.45) is 2.48. The van der Waals surface area contributed by atoms with Crippen molar-refractivity contribution in [2.24, 2.45) is 0 Å². The molecule has 0 aromatic carbocycles. The Morgan fingerprint density at radius 3 is 3.00 bits per heavy atom. The van der Waals surface area contributed by atoms with Gasteiger partial charge in [-0.2, -0.15) is 5.10 Å². The molecule has 15 heavy (non-hydrogen) atoms. The molecule has 0 spiro atoms. The molecule has 0 fully saturated rings. The number of aliphatic carboxylic acids is 1. The SMILES string of the molecule is CCCn1ncnc1CN(C)CC(=O)O. The van der Waals surface area contributed by atoms with Crippen molar-refractivity contribution < 1.29 is 9.90 Å². The third kappa shape index (κ3) is 3.67. The topological polar surface area (TPSA) is 71.2 Å². The molecule has 0 aliphatic rings. The van der Waals surface area contributed by atoms with Gasteiger partial charge in [0.15, 0.2) is 0 Å². The average molecular weight is 212 g/mol. The number of hydrogen-bond acceptors (Lipinski definition) is 4. The lowest BCUT2D eigenvalue weighted by molar-refractivity contribution is -0.138. The third-order valence-electron chi connectivity index (χ3n) is 1.95. The van der Waals surface area contributed by atoms with Crippen LogP contribution in [0.25, 0.3) is 0 Å². The van der Waals surface area contributed by atoms with E-state index < -0.39 is 5.97 Å². The Labute approximate surface area is 88.5 Å². The smallest absolute Gasteiger partial charge is 0.317 e. The fourth-order valence-corrected chi connectivity index (χ4v) is 1.34. The minimum absolute atomic E-state index is 0.0129. The van der Waals surface area contributed by atoms with Crippen LogP contribution < -0.4 is 0 Å². The van der Waals surface area contributed by atoms with E-state index in [0.717, 1.165) is 18.8 Å². The van der Waals surface area contributed by atoms with Crippen molar-refractivity contribution in [2.75, 3.05) is 13.6 Å². The van der Waals surface area contributed by atoms with Gasteiger partial charge in [-0.3, -0.25) is 9.69 Å². The highest BCUT2D eigenvalue weighted by Gasteiger charge is 2.09. The molecular weight excluding hydrogens is 196 g/mol. The molecule has 0 bridgehead atoms. The number of hydrogen-bond donors (Lipinski definition) is 1. The lowest BCUT2D eigenvalue weighted by atomic mass is 10.4. The van der Waals surface area contributed by atoms with E-state index in [1.165, 1.54) is 6.33 Å². The summed E-state index contributed by atoms with van der Waals surface area (Å²) in [5.41, 5.74) is 0. The maximum absolute atomic E-state index is 10.5. The largest absolute Gasteiger partial charge is 0.480 e. The molecule has 0 radical (unpaired) electrons. The van der Waals surface area contributed by atoms with Crippen molar-refractivity contribution in [1.82, 2.24) is 19.7 Å². The molecular formula is C9H16N4O2. The van der Waals surface area contributed by atoms with Gasteiger partial charge in [0.25, 0.3) is 0 Å². The first kappa shape index (κ1) is 11.6. The fourth-order valence-electron chi connectivity index (χ4n) is 1.34. The van der Waals surface area contributed by atoms with Gasteiger partial charge in [0.1, 0.15) is 12.2 Å². The molecule has 0 amide bonds. The van der Waals surface area contributed by atoms with Crippen LogP contribution in [0.2, 0.25) is 0 Å². The van der Waals surface area contributed by atoms with E-state index in [1.807, 2.05) is 0 Å². The van der Waals surface area contributed by atoms with Crippen LogP contribution in [0, 0.1) is 0 Å². The van der Waals surface area contributed by atoms with Crippen LogP contribution in [0.4, 0.5) is 0 Å². The molecule has 84 valence electrons. The standard InChI is InChI=1S/C9H16N4O2/c1-3-4-13-8(10-7-11-13)5-12(2)6-9(14)15/h7H,3-6H2,1-2H3,(H,14,15). The first-order valence-corrected chi connectivity index (χ1v) is 4.90. The van der Waals surface area contributed by atoms with Crippen LogP contribution in [0.1, 0.15) is 19.2 Å². The lowest BCUT2D eigenvalue weighted by Crippen LogP contribution is -2.26. The quantitative estimate of drug-likeness (QED) is 0.729. The highest BCUT2D eigenvalue weighted by molar-refractivity contribution is 5.68. The highest BCUT2D eigenvalue weighted by Crippen LogP contribution is 1.99. The number of rotatable bonds is 6. The zero-order valence-corrected chi connectivity index (χ0v) is 9.05. The molecule has 1 rings (SSSR count). The van der Waals surface area contributed by atoms with Crippen LogP contribution in [0.5, 0.6) is 0 Å².